The molecule has 5 heteroatoms. The lowest BCUT2D eigenvalue weighted by Gasteiger charge is -2.07. The Kier molecular flexibility index (Phi) is 6.77. The summed E-state index contributed by atoms with van der Waals surface area (Å²) >= 11 is 5.94. The van der Waals surface area contributed by atoms with E-state index >= 15 is 0 Å². The van der Waals surface area contributed by atoms with E-state index in [0.717, 1.165) is 23.1 Å². The van der Waals surface area contributed by atoms with Crippen molar-refractivity contribution in [2.75, 3.05) is 0 Å². The molecule has 0 radical (unpaired) electrons. The molecule has 3 aromatic rings. The van der Waals surface area contributed by atoms with Crippen LogP contribution in [0.1, 0.15) is 48.5 Å². The average Bonchev–Trinajstić information content (AvgIpc) is 2.71. The summed E-state index contributed by atoms with van der Waals surface area (Å²) in [5.41, 5.74) is 4.32. The third-order valence-corrected chi connectivity index (χ3v) is 5.01. The van der Waals surface area contributed by atoms with Gasteiger partial charge in [0.1, 0.15) is 10.7 Å². The van der Waals surface area contributed by atoms with E-state index in [9.17, 15) is 4.79 Å². The fraction of sp³-hybridized carbons (Fsp3) is 0.261. The number of aromatic nitrogens is 2. The van der Waals surface area contributed by atoms with Crippen molar-refractivity contribution in [2.45, 2.75) is 39.0 Å². The number of carboxylic acids is 1. The lowest BCUT2D eigenvalue weighted by atomic mass is 10.00. The molecular weight excluding hydrogens is 372 g/mol. The predicted molar refractivity (Wildman–Crippen MR) is 113 cm³/mol. The summed E-state index contributed by atoms with van der Waals surface area (Å²) in [6.07, 6.45) is 7.46. The maximum Gasteiger partial charge on any atom is 0.340 e. The first-order chi connectivity index (χ1) is 13.6. The first-order valence-electron chi connectivity index (χ1n) is 9.54. The van der Waals surface area contributed by atoms with Crippen LogP contribution in [-0.2, 0) is 6.42 Å². The molecular formula is C23H23ClN2O2. The van der Waals surface area contributed by atoms with Gasteiger partial charge >= 0.3 is 5.97 Å². The summed E-state index contributed by atoms with van der Waals surface area (Å²) < 4.78 is 0. The molecule has 4 nitrogen and oxygen atoms in total. The van der Waals surface area contributed by atoms with Crippen molar-refractivity contribution in [2.24, 2.45) is 0 Å². The number of carbonyl (C=O) groups is 1. The highest BCUT2D eigenvalue weighted by Gasteiger charge is 2.12. The van der Waals surface area contributed by atoms with Crippen LogP contribution in [-0.4, -0.2) is 21.0 Å². The Morgan fingerprint density at radius 1 is 0.929 bits per heavy atom. The van der Waals surface area contributed by atoms with Crippen LogP contribution in [0.3, 0.4) is 0 Å². The summed E-state index contributed by atoms with van der Waals surface area (Å²) in [5.74, 6) is -0.732. The molecule has 0 saturated heterocycles. The molecule has 0 unspecified atom stereocenters. The third kappa shape index (κ3) is 4.96. The van der Waals surface area contributed by atoms with Crippen LogP contribution in [0.5, 0.6) is 0 Å². The van der Waals surface area contributed by atoms with E-state index in [1.54, 1.807) is 0 Å². The van der Waals surface area contributed by atoms with E-state index in [0.29, 0.717) is 5.82 Å². The minimum atomic E-state index is -1.14. The molecule has 2 aromatic carbocycles. The number of benzene rings is 2. The van der Waals surface area contributed by atoms with Crippen molar-refractivity contribution < 1.29 is 9.90 Å². The van der Waals surface area contributed by atoms with Gasteiger partial charge in [-0.25, -0.2) is 14.8 Å². The molecule has 0 atom stereocenters. The quantitative estimate of drug-likeness (QED) is 0.360. The topological polar surface area (TPSA) is 63.1 Å². The maximum atomic E-state index is 11.0. The second-order valence-corrected chi connectivity index (χ2v) is 7.15. The van der Waals surface area contributed by atoms with E-state index in [2.05, 4.69) is 41.2 Å². The fourth-order valence-corrected chi connectivity index (χ4v) is 3.28. The average molecular weight is 395 g/mol. The summed E-state index contributed by atoms with van der Waals surface area (Å²) in [6, 6.07) is 16.5. The standard InChI is InChI=1S/C23H23ClN2O2/c1-2-3-4-5-6-16-7-9-17(10-8-16)18-11-13-19(14-12-18)22-25-15-20(23(27)28)21(24)26-22/h7-15H,2-6H2,1H3,(H,27,28). The van der Waals surface area contributed by atoms with Crippen LogP contribution in [0, 0.1) is 0 Å². The summed E-state index contributed by atoms with van der Waals surface area (Å²) in [6.45, 7) is 2.23. The maximum absolute atomic E-state index is 11.0. The van der Waals surface area contributed by atoms with Gasteiger partial charge in [0.25, 0.3) is 0 Å². The largest absolute Gasteiger partial charge is 0.478 e. The molecule has 3 rings (SSSR count). The number of aromatic carboxylic acids is 1. The van der Waals surface area contributed by atoms with Crippen molar-refractivity contribution in [1.82, 2.24) is 9.97 Å². The van der Waals surface area contributed by atoms with Crippen LogP contribution >= 0.6 is 11.6 Å². The van der Waals surface area contributed by atoms with Crippen LogP contribution < -0.4 is 0 Å². The van der Waals surface area contributed by atoms with E-state index in [-0.39, 0.29) is 10.7 Å². The van der Waals surface area contributed by atoms with Gasteiger partial charge in [-0.2, -0.15) is 0 Å². The summed E-state index contributed by atoms with van der Waals surface area (Å²) in [5, 5.41) is 8.96. The Hall–Kier alpha value is -2.72. The van der Waals surface area contributed by atoms with E-state index in [1.165, 1.54) is 37.4 Å². The van der Waals surface area contributed by atoms with Crippen molar-refractivity contribution in [1.29, 1.82) is 0 Å². The number of rotatable bonds is 8. The van der Waals surface area contributed by atoms with E-state index < -0.39 is 5.97 Å². The molecule has 0 fully saturated rings. The zero-order chi connectivity index (χ0) is 19.9. The molecule has 144 valence electrons. The first kappa shape index (κ1) is 20.0. The number of hydrogen-bond donors (Lipinski definition) is 1. The highest BCUT2D eigenvalue weighted by atomic mass is 35.5. The zero-order valence-corrected chi connectivity index (χ0v) is 16.6. The van der Waals surface area contributed by atoms with Gasteiger partial charge in [-0.05, 0) is 29.5 Å². The highest BCUT2D eigenvalue weighted by molar-refractivity contribution is 6.32. The Balaban J connectivity index is 1.70. The van der Waals surface area contributed by atoms with Crippen LogP contribution in [0.2, 0.25) is 5.15 Å². The van der Waals surface area contributed by atoms with Crippen molar-refractivity contribution >= 4 is 17.6 Å². The van der Waals surface area contributed by atoms with Crippen molar-refractivity contribution in [3.8, 4) is 22.5 Å². The van der Waals surface area contributed by atoms with E-state index in [1.807, 2.05) is 24.3 Å². The number of nitrogens with zero attached hydrogens (tertiary/aromatic N) is 2. The number of unbranched alkanes of at least 4 members (excludes halogenated alkanes) is 3. The zero-order valence-electron chi connectivity index (χ0n) is 15.9. The van der Waals surface area contributed by atoms with Gasteiger partial charge in [0, 0.05) is 11.8 Å². The lowest BCUT2D eigenvalue weighted by Crippen LogP contribution is -2.01. The Labute approximate surface area is 170 Å². The minimum absolute atomic E-state index is 0.0592. The monoisotopic (exact) mass is 394 g/mol. The summed E-state index contributed by atoms with van der Waals surface area (Å²) in [7, 11) is 0. The van der Waals surface area contributed by atoms with Gasteiger partial charge in [0.15, 0.2) is 5.82 Å². The molecule has 0 amide bonds. The molecule has 0 aliphatic carbocycles. The minimum Gasteiger partial charge on any atom is -0.478 e. The Morgan fingerprint density at radius 2 is 1.54 bits per heavy atom. The van der Waals surface area contributed by atoms with E-state index in [4.69, 9.17) is 16.7 Å². The predicted octanol–water partition coefficient (Wildman–Crippen LogP) is 6.29. The highest BCUT2D eigenvalue weighted by Crippen LogP contribution is 2.25. The number of hydrogen-bond acceptors (Lipinski definition) is 3. The smallest absolute Gasteiger partial charge is 0.340 e. The lowest BCUT2D eigenvalue weighted by molar-refractivity contribution is 0.0696. The SMILES string of the molecule is CCCCCCc1ccc(-c2ccc(-c3ncc(C(=O)O)c(Cl)n3)cc2)cc1. The first-order valence-corrected chi connectivity index (χ1v) is 9.92. The number of halogens is 1. The van der Waals surface area contributed by atoms with Crippen LogP contribution in [0.15, 0.2) is 54.7 Å². The third-order valence-electron chi connectivity index (χ3n) is 4.72. The molecule has 0 aliphatic heterocycles. The van der Waals surface area contributed by atoms with Gasteiger partial charge in [0.2, 0.25) is 0 Å². The fourth-order valence-electron chi connectivity index (χ4n) is 3.08. The summed E-state index contributed by atoms with van der Waals surface area (Å²) in [4.78, 5) is 19.2. The van der Waals surface area contributed by atoms with Gasteiger partial charge in [-0.3, -0.25) is 0 Å². The second kappa shape index (κ2) is 9.47. The van der Waals surface area contributed by atoms with Crippen molar-refractivity contribution in [3.05, 3.63) is 71.0 Å². The molecule has 0 aliphatic rings. The van der Waals surface area contributed by atoms with Gasteiger partial charge in [0.05, 0.1) is 0 Å². The van der Waals surface area contributed by atoms with Crippen LogP contribution in [0.4, 0.5) is 0 Å². The second-order valence-electron chi connectivity index (χ2n) is 6.79. The Morgan fingerprint density at radius 3 is 2.11 bits per heavy atom. The van der Waals surface area contributed by atoms with Gasteiger partial charge in [-0.1, -0.05) is 86.3 Å². The van der Waals surface area contributed by atoms with Crippen molar-refractivity contribution in [3.63, 3.8) is 0 Å². The molecule has 28 heavy (non-hydrogen) atoms. The van der Waals surface area contributed by atoms with Crippen LogP contribution in [0.25, 0.3) is 22.5 Å². The van der Waals surface area contributed by atoms with Gasteiger partial charge < -0.3 is 5.11 Å². The number of aryl methyl sites for hydroxylation is 1. The number of carboxylic acid groups (broad SMARTS) is 1. The van der Waals surface area contributed by atoms with Gasteiger partial charge in [-0.15, -0.1) is 0 Å². The molecule has 1 heterocycles. The molecule has 1 N–H and O–H groups in total. The molecule has 0 bridgehead atoms. The normalized spacial score (nSPS) is 10.8. The Bertz CT molecular complexity index is 938. The molecule has 0 spiro atoms. The molecule has 1 aromatic heterocycles. The molecule has 0 saturated carbocycles.